The number of carbonyl (C=O) groups is 3. The van der Waals surface area contributed by atoms with Crippen LogP contribution in [0.3, 0.4) is 0 Å². The SMILES string of the molecule is CC(CC(=O)OCC1COC(=O)O1)CC(C)C(=O)O. The smallest absolute Gasteiger partial charge is 0.481 e. The van der Waals surface area contributed by atoms with E-state index in [0.29, 0.717) is 6.42 Å². The molecule has 1 fully saturated rings. The summed E-state index contributed by atoms with van der Waals surface area (Å²) in [6, 6.07) is 0. The summed E-state index contributed by atoms with van der Waals surface area (Å²) in [6.07, 6.45) is -0.764. The van der Waals surface area contributed by atoms with Gasteiger partial charge in [-0.2, -0.15) is 0 Å². The predicted octanol–water partition coefficient (Wildman–Crippen LogP) is 1.20. The van der Waals surface area contributed by atoms with Gasteiger partial charge in [0.05, 0.1) is 5.92 Å². The molecule has 0 saturated carbocycles. The average molecular weight is 274 g/mol. The summed E-state index contributed by atoms with van der Waals surface area (Å²) < 4.78 is 14.2. The van der Waals surface area contributed by atoms with Crippen molar-refractivity contribution in [1.29, 1.82) is 0 Å². The molecule has 3 unspecified atom stereocenters. The lowest BCUT2D eigenvalue weighted by Gasteiger charge is -2.14. The van der Waals surface area contributed by atoms with Crippen molar-refractivity contribution in [3.63, 3.8) is 0 Å². The van der Waals surface area contributed by atoms with Gasteiger partial charge in [0.2, 0.25) is 0 Å². The van der Waals surface area contributed by atoms with E-state index in [-0.39, 0.29) is 25.6 Å². The van der Waals surface area contributed by atoms with Gasteiger partial charge in [-0.25, -0.2) is 4.79 Å². The average Bonchev–Trinajstić information content (AvgIpc) is 2.72. The largest absolute Gasteiger partial charge is 0.508 e. The van der Waals surface area contributed by atoms with Gasteiger partial charge >= 0.3 is 18.1 Å². The van der Waals surface area contributed by atoms with Crippen LogP contribution >= 0.6 is 0 Å². The fraction of sp³-hybridized carbons (Fsp3) is 0.750. The maximum Gasteiger partial charge on any atom is 0.508 e. The van der Waals surface area contributed by atoms with Gasteiger partial charge in [0.25, 0.3) is 0 Å². The highest BCUT2D eigenvalue weighted by atomic mass is 16.8. The highest BCUT2D eigenvalue weighted by Gasteiger charge is 2.26. The van der Waals surface area contributed by atoms with Gasteiger partial charge in [-0.1, -0.05) is 13.8 Å². The van der Waals surface area contributed by atoms with Crippen LogP contribution in [0.2, 0.25) is 0 Å². The lowest BCUT2D eigenvalue weighted by Crippen LogP contribution is -2.22. The van der Waals surface area contributed by atoms with Gasteiger partial charge in [-0.15, -0.1) is 0 Å². The number of ether oxygens (including phenoxy) is 3. The molecule has 1 aliphatic rings. The number of hydrogen-bond acceptors (Lipinski definition) is 6. The monoisotopic (exact) mass is 274 g/mol. The summed E-state index contributed by atoms with van der Waals surface area (Å²) in [5.74, 6) is -1.89. The molecule has 0 aromatic heterocycles. The molecule has 0 radical (unpaired) electrons. The number of carboxylic acids is 1. The molecule has 3 atom stereocenters. The van der Waals surface area contributed by atoms with Gasteiger partial charge in [0.15, 0.2) is 6.10 Å². The Morgan fingerprint density at radius 1 is 1.47 bits per heavy atom. The van der Waals surface area contributed by atoms with Gasteiger partial charge in [-0.05, 0) is 12.3 Å². The molecular weight excluding hydrogens is 256 g/mol. The van der Waals surface area contributed by atoms with Crippen LogP contribution < -0.4 is 0 Å². The van der Waals surface area contributed by atoms with Gasteiger partial charge < -0.3 is 19.3 Å². The molecule has 7 nitrogen and oxygen atoms in total. The molecule has 1 N–H and O–H groups in total. The molecule has 108 valence electrons. The molecule has 1 rings (SSSR count). The lowest BCUT2D eigenvalue weighted by atomic mass is 9.95. The Bertz CT molecular complexity index is 352. The zero-order valence-electron chi connectivity index (χ0n) is 11.0. The van der Waals surface area contributed by atoms with E-state index in [2.05, 4.69) is 4.74 Å². The van der Waals surface area contributed by atoms with Crippen LogP contribution in [-0.2, 0) is 23.8 Å². The predicted molar refractivity (Wildman–Crippen MR) is 62.4 cm³/mol. The first-order chi connectivity index (χ1) is 8.88. The molecule has 0 bridgehead atoms. The van der Waals surface area contributed by atoms with Crippen LogP contribution in [0.5, 0.6) is 0 Å². The second-order valence-electron chi connectivity index (χ2n) is 4.77. The number of rotatable bonds is 7. The number of hydrogen-bond donors (Lipinski definition) is 1. The van der Waals surface area contributed by atoms with E-state index in [1.165, 1.54) is 0 Å². The topological polar surface area (TPSA) is 99.1 Å². The minimum Gasteiger partial charge on any atom is -0.481 e. The van der Waals surface area contributed by atoms with Crippen LogP contribution in [0, 0.1) is 11.8 Å². The minimum absolute atomic E-state index is 0.0359. The van der Waals surface area contributed by atoms with Crippen molar-refractivity contribution >= 4 is 18.1 Å². The number of esters is 1. The fourth-order valence-corrected chi connectivity index (χ4v) is 1.76. The molecule has 1 aliphatic heterocycles. The maximum atomic E-state index is 11.5. The molecule has 0 spiro atoms. The van der Waals surface area contributed by atoms with Crippen molar-refractivity contribution in [2.45, 2.75) is 32.8 Å². The minimum atomic E-state index is -0.879. The Kier molecular flexibility index (Phi) is 5.59. The zero-order valence-corrected chi connectivity index (χ0v) is 11.0. The molecule has 7 heteroatoms. The Balaban J connectivity index is 2.19. The van der Waals surface area contributed by atoms with Crippen molar-refractivity contribution < 1.29 is 33.7 Å². The van der Waals surface area contributed by atoms with Crippen LogP contribution in [0.1, 0.15) is 26.7 Å². The highest BCUT2D eigenvalue weighted by molar-refractivity contribution is 5.71. The Labute approximate surface area is 110 Å². The third kappa shape index (κ3) is 5.58. The maximum absolute atomic E-state index is 11.5. The summed E-state index contributed by atoms with van der Waals surface area (Å²) in [5.41, 5.74) is 0. The summed E-state index contributed by atoms with van der Waals surface area (Å²) in [6.45, 7) is 3.43. The van der Waals surface area contributed by atoms with Crippen molar-refractivity contribution in [2.24, 2.45) is 11.8 Å². The van der Waals surface area contributed by atoms with Crippen LogP contribution in [0.4, 0.5) is 4.79 Å². The standard InChI is InChI=1S/C12H18O7/c1-7(3-8(2)11(14)15)4-10(13)17-5-9-6-18-12(16)19-9/h7-9H,3-6H2,1-2H3,(H,14,15). The van der Waals surface area contributed by atoms with Crippen LogP contribution in [0.25, 0.3) is 0 Å². The van der Waals surface area contributed by atoms with Crippen LogP contribution in [-0.4, -0.2) is 42.5 Å². The normalized spacial score (nSPS) is 21.2. The fourth-order valence-electron chi connectivity index (χ4n) is 1.76. The second-order valence-corrected chi connectivity index (χ2v) is 4.77. The van der Waals surface area contributed by atoms with E-state index in [9.17, 15) is 14.4 Å². The summed E-state index contributed by atoms with van der Waals surface area (Å²) in [5, 5.41) is 8.76. The highest BCUT2D eigenvalue weighted by Crippen LogP contribution is 2.16. The molecule has 0 amide bonds. The van der Waals surface area contributed by atoms with E-state index in [4.69, 9.17) is 14.6 Å². The summed E-state index contributed by atoms with van der Waals surface area (Å²) in [4.78, 5) is 32.8. The Morgan fingerprint density at radius 3 is 2.68 bits per heavy atom. The van der Waals surface area contributed by atoms with Gasteiger partial charge in [0.1, 0.15) is 13.2 Å². The first-order valence-corrected chi connectivity index (χ1v) is 6.10. The second kappa shape index (κ2) is 6.96. The third-order valence-electron chi connectivity index (χ3n) is 2.77. The van der Waals surface area contributed by atoms with Crippen molar-refractivity contribution in [3.05, 3.63) is 0 Å². The lowest BCUT2D eigenvalue weighted by molar-refractivity contribution is -0.148. The molecule has 0 aromatic rings. The van der Waals surface area contributed by atoms with E-state index < -0.39 is 30.1 Å². The summed E-state index contributed by atoms with van der Waals surface area (Å²) >= 11 is 0. The molecular formula is C12H18O7. The van der Waals surface area contributed by atoms with Crippen molar-refractivity contribution in [3.8, 4) is 0 Å². The van der Waals surface area contributed by atoms with Gasteiger partial charge in [0, 0.05) is 6.42 Å². The van der Waals surface area contributed by atoms with E-state index >= 15 is 0 Å². The van der Waals surface area contributed by atoms with Gasteiger partial charge in [-0.3, -0.25) is 9.59 Å². The molecule has 0 aliphatic carbocycles. The third-order valence-corrected chi connectivity index (χ3v) is 2.77. The number of carbonyl (C=O) groups excluding carboxylic acids is 2. The van der Waals surface area contributed by atoms with Crippen LogP contribution in [0.15, 0.2) is 0 Å². The molecule has 1 saturated heterocycles. The van der Waals surface area contributed by atoms with Crippen molar-refractivity contribution in [1.82, 2.24) is 0 Å². The number of carboxylic acid groups (broad SMARTS) is 1. The Morgan fingerprint density at radius 2 is 2.16 bits per heavy atom. The van der Waals surface area contributed by atoms with E-state index in [1.54, 1.807) is 13.8 Å². The number of cyclic esters (lactones) is 2. The van der Waals surface area contributed by atoms with E-state index in [1.807, 2.05) is 0 Å². The number of aliphatic carboxylic acids is 1. The molecule has 0 aromatic carbocycles. The first-order valence-electron chi connectivity index (χ1n) is 6.10. The molecule has 19 heavy (non-hydrogen) atoms. The first kappa shape index (κ1) is 15.3. The zero-order chi connectivity index (χ0) is 14.4. The molecule has 1 heterocycles. The quantitative estimate of drug-likeness (QED) is 0.696. The van der Waals surface area contributed by atoms with Crippen molar-refractivity contribution in [2.75, 3.05) is 13.2 Å². The Hall–Kier alpha value is -1.79. The summed E-state index contributed by atoms with van der Waals surface area (Å²) in [7, 11) is 0. The van der Waals surface area contributed by atoms with E-state index in [0.717, 1.165) is 0 Å².